The molecule has 1 N–H and O–H groups in total. The third-order valence-corrected chi connectivity index (χ3v) is 3.20. The molecule has 0 aromatic heterocycles. The van der Waals surface area contributed by atoms with Gasteiger partial charge in [0.2, 0.25) is 0 Å². The summed E-state index contributed by atoms with van der Waals surface area (Å²) in [5.74, 6) is -0.249. The molecule has 0 spiro atoms. The minimum absolute atomic E-state index is 0.455. The number of rotatable bonds is 2. The lowest BCUT2D eigenvalue weighted by atomic mass is 9.93. The van der Waals surface area contributed by atoms with E-state index in [0.717, 1.165) is 18.7 Å². The molecule has 0 amide bonds. The third kappa shape index (κ3) is 1.90. The number of benzene rings is 1. The van der Waals surface area contributed by atoms with Crippen molar-refractivity contribution in [1.82, 2.24) is 0 Å². The van der Waals surface area contributed by atoms with Crippen LogP contribution in [-0.4, -0.2) is 23.7 Å². The van der Waals surface area contributed by atoms with Crippen LogP contribution in [0.3, 0.4) is 0 Å². The zero-order valence-corrected chi connectivity index (χ0v) is 9.68. The van der Waals surface area contributed by atoms with Gasteiger partial charge in [-0.3, -0.25) is 0 Å². The van der Waals surface area contributed by atoms with Gasteiger partial charge in [-0.2, -0.15) is 0 Å². The number of carboxylic acids is 1. The topological polar surface area (TPSA) is 40.5 Å². The SMILES string of the molecule is CC1Cc2ccccc2N(C(C)C(=O)O)C1. The molecule has 1 aliphatic rings. The van der Waals surface area contributed by atoms with Crippen molar-refractivity contribution >= 4 is 11.7 Å². The summed E-state index contributed by atoms with van der Waals surface area (Å²) in [4.78, 5) is 13.1. The maximum atomic E-state index is 11.1. The van der Waals surface area contributed by atoms with Crippen molar-refractivity contribution in [2.75, 3.05) is 11.4 Å². The number of nitrogens with zero attached hydrogens (tertiary/aromatic N) is 1. The molecule has 0 saturated heterocycles. The molecule has 0 saturated carbocycles. The Morgan fingerprint density at radius 1 is 1.50 bits per heavy atom. The summed E-state index contributed by atoms with van der Waals surface area (Å²) in [7, 11) is 0. The Labute approximate surface area is 95.7 Å². The minimum Gasteiger partial charge on any atom is -0.480 e. The van der Waals surface area contributed by atoms with E-state index in [2.05, 4.69) is 13.0 Å². The zero-order chi connectivity index (χ0) is 11.7. The number of fused-ring (bicyclic) bond motifs is 1. The zero-order valence-electron chi connectivity index (χ0n) is 9.68. The minimum atomic E-state index is -0.760. The number of carboxylic acid groups (broad SMARTS) is 1. The molecule has 3 heteroatoms. The van der Waals surface area contributed by atoms with Gasteiger partial charge in [0.15, 0.2) is 0 Å². The van der Waals surface area contributed by atoms with E-state index in [9.17, 15) is 4.79 Å². The molecule has 1 aromatic rings. The van der Waals surface area contributed by atoms with Crippen molar-refractivity contribution in [1.29, 1.82) is 0 Å². The van der Waals surface area contributed by atoms with E-state index in [0.29, 0.717) is 5.92 Å². The summed E-state index contributed by atoms with van der Waals surface area (Å²) in [6, 6.07) is 7.63. The van der Waals surface area contributed by atoms with E-state index in [-0.39, 0.29) is 0 Å². The highest BCUT2D eigenvalue weighted by Crippen LogP contribution is 2.30. The van der Waals surface area contributed by atoms with Gasteiger partial charge < -0.3 is 10.0 Å². The molecular formula is C13H17NO2. The van der Waals surface area contributed by atoms with Crippen LogP contribution in [-0.2, 0) is 11.2 Å². The van der Waals surface area contributed by atoms with E-state index in [1.54, 1.807) is 6.92 Å². The summed E-state index contributed by atoms with van der Waals surface area (Å²) in [6.45, 7) is 4.74. The van der Waals surface area contributed by atoms with E-state index in [1.807, 2.05) is 23.1 Å². The third-order valence-electron chi connectivity index (χ3n) is 3.20. The summed E-state index contributed by atoms with van der Waals surface area (Å²) >= 11 is 0. The van der Waals surface area contributed by atoms with Crippen LogP contribution in [0.4, 0.5) is 5.69 Å². The molecule has 0 fully saturated rings. The van der Waals surface area contributed by atoms with E-state index >= 15 is 0 Å². The number of hydrogen-bond donors (Lipinski definition) is 1. The number of aliphatic carboxylic acids is 1. The van der Waals surface area contributed by atoms with Gasteiger partial charge >= 0.3 is 5.97 Å². The van der Waals surface area contributed by atoms with E-state index in [1.165, 1.54) is 5.56 Å². The lowest BCUT2D eigenvalue weighted by molar-refractivity contribution is -0.138. The Morgan fingerprint density at radius 2 is 2.19 bits per heavy atom. The van der Waals surface area contributed by atoms with Crippen molar-refractivity contribution in [2.24, 2.45) is 5.92 Å². The largest absolute Gasteiger partial charge is 0.480 e. The Morgan fingerprint density at radius 3 is 2.88 bits per heavy atom. The molecule has 0 aliphatic carbocycles. The molecule has 86 valence electrons. The second-order valence-electron chi connectivity index (χ2n) is 4.60. The molecule has 16 heavy (non-hydrogen) atoms. The van der Waals surface area contributed by atoms with Gasteiger partial charge in [0.25, 0.3) is 0 Å². The molecule has 1 aromatic carbocycles. The molecule has 3 nitrogen and oxygen atoms in total. The van der Waals surface area contributed by atoms with Gasteiger partial charge in [-0.15, -0.1) is 0 Å². The van der Waals surface area contributed by atoms with Crippen molar-refractivity contribution < 1.29 is 9.90 Å². The Bertz CT molecular complexity index is 403. The highest BCUT2D eigenvalue weighted by Gasteiger charge is 2.28. The molecule has 0 bridgehead atoms. The van der Waals surface area contributed by atoms with Gasteiger partial charge in [-0.1, -0.05) is 25.1 Å². The lowest BCUT2D eigenvalue weighted by Crippen LogP contribution is -2.44. The molecule has 2 atom stereocenters. The first-order valence-corrected chi connectivity index (χ1v) is 5.67. The normalized spacial score (nSPS) is 21.4. The first-order chi connectivity index (χ1) is 7.59. The van der Waals surface area contributed by atoms with Gasteiger partial charge in [0, 0.05) is 12.2 Å². The molecule has 2 unspecified atom stereocenters. The first-order valence-electron chi connectivity index (χ1n) is 5.67. The van der Waals surface area contributed by atoms with E-state index in [4.69, 9.17) is 5.11 Å². The number of hydrogen-bond acceptors (Lipinski definition) is 2. The first kappa shape index (κ1) is 11.0. The predicted molar refractivity (Wildman–Crippen MR) is 63.8 cm³/mol. The van der Waals surface area contributed by atoms with Gasteiger partial charge in [-0.25, -0.2) is 4.79 Å². The fourth-order valence-electron chi connectivity index (χ4n) is 2.34. The summed E-state index contributed by atoms with van der Waals surface area (Å²) in [6.07, 6.45) is 1.04. The maximum Gasteiger partial charge on any atom is 0.326 e. The van der Waals surface area contributed by atoms with Gasteiger partial charge in [0.1, 0.15) is 6.04 Å². The van der Waals surface area contributed by atoms with Crippen LogP contribution in [0.5, 0.6) is 0 Å². The van der Waals surface area contributed by atoms with Crippen LogP contribution < -0.4 is 4.90 Å². The standard InChI is InChI=1S/C13H17NO2/c1-9-7-11-5-3-4-6-12(11)14(8-9)10(2)13(15)16/h3-6,9-10H,7-8H2,1-2H3,(H,15,16). The molecule has 1 aliphatic heterocycles. The average molecular weight is 219 g/mol. The second kappa shape index (κ2) is 4.16. The average Bonchev–Trinajstić information content (AvgIpc) is 2.26. The molecular weight excluding hydrogens is 202 g/mol. The van der Waals surface area contributed by atoms with Gasteiger partial charge in [0.05, 0.1) is 0 Å². The van der Waals surface area contributed by atoms with Crippen LogP contribution in [0.2, 0.25) is 0 Å². The lowest BCUT2D eigenvalue weighted by Gasteiger charge is -2.37. The Kier molecular flexibility index (Phi) is 2.86. The smallest absolute Gasteiger partial charge is 0.326 e. The Hall–Kier alpha value is -1.51. The monoisotopic (exact) mass is 219 g/mol. The number of carbonyl (C=O) groups is 1. The fraction of sp³-hybridized carbons (Fsp3) is 0.462. The van der Waals surface area contributed by atoms with Crippen LogP contribution in [0.1, 0.15) is 19.4 Å². The number of para-hydroxylation sites is 1. The predicted octanol–water partition coefficient (Wildman–Crippen LogP) is 2.16. The second-order valence-corrected chi connectivity index (χ2v) is 4.60. The van der Waals surface area contributed by atoms with E-state index < -0.39 is 12.0 Å². The van der Waals surface area contributed by atoms with Crippen molar-refractivity contribution in [3.05, 3.63) is 29.8 Å². The molecule has 1 heterocycles. The Balaban J connectivity index is 2.37. The highest BCUT2D eigenvalue weighted by atomic mass is 16.4. The van der Waals surface area contributed by atoms with Crippen LogP contribution in [0.15, 0.2) is 24.3 Å². The summed E-state index contributed by atoms with van der Waals surface area (Å²) in [5, 5.41) is 9.10. The fourth-order valence-corrected chi connectivity index (χ4v) is 2.34. The number of anilines is 1. The van der Waals surface area contributed by atoms with Crippen molar-refractivity contribution in [2.45, 2.75) is 26.3 Å². The molecule has 0 radical (unpaired) electrons. The van der Waals surface area contributed by atoms with Crippen molar-refractivity contribution in [3.63, 3.8) is 0 Å². The van der Waals surface area contributed by atoms with Crippen LogP contribution in [0, 0.1) is 5.92 Å². The maximum absolute atomic E-state index is 11.1. The summed E-state index contributed by atoms with van der Waals surface area (Å²) in [5.41, 5.74) is 2.34. The summed E-state index contributed by atoms with van der Waals surface area (Å²) < 4.78 is 0. The van der Waals surface area contributed by atoms with Gasteiger partial charge in [-0.05, 0) is 30.9 Å². The quantitative estimate of drug-likeness (QED) is 0.828. The van der Waals surface area contributed by atoms with Crippen LogP contribution in [0.25, 0.3) is 0 Å². The van der Waals surface area contributed by atoms with Crippen LogP contribution >= 0.6 is 0 Å². The van der Waals surface area contributed by atoms with Crippen molar-refractivity contribution in [3.8, 4) is 0 Å². The molecule has 2 rings (SSSR count). The highest BCUT2D eigenvalue weighted by molar-refractivity contribution is 5.78.